The number of halogens is 2. The third-order valence-electron chi connectivity index (χ3n) is 4.20. The van der Waals surface area contributed by atoms with Gasteiger partial charge in [-0.25, -0.2) is 9.66 Å². The lowest BCUT2D eigenvalue weighted by Gasteiger charge is -2.06. The first-order valence-electron chi connectivity index (χ1n) is 8.89. The smallest absolute Gasteiger partial charge is 0.387 e. The number of alkyl halides is 2. The van der Waals surface area contributed by atoms with Crippen LogP contribution in [0.25, 0.3) is 22.8 Å². The molecule has 2 aromatic heterocycles. The van der Waals surface area contributed by atoms with Crippen molar-refractivity contribution in [1.29, 1.82) is 0 Å². The molecule has 0 saturated heterocycles. The van der Waals surface area contributed by atoms with Gasteiger partial charge in [-0.2, -0.15) is 8.78 Å². The standard InChI is InChI=1S/C20H17F2N5O2S/c1-12-2-4-14(5-3-12)18-24-15(10-28-18)11-30-20-26-25-17(27(20)23)13-6-8-16(9-7-13)29-19(21)22/h2-10,19H,11,23H2,1H3. The Labute approximate surface area is 174 Å². The molecule has 2 heterocycles. The Morgan fingerprint density at radius 1 is 1.07 bits per heavy atom. The molecule has 30 heavy (non-hydrogen) atoms. The molecule has 0 spiro atoms. The van der Waals surface area contributed by atoms with Crippen LogP contribution in [0.4, 0.5) is 8.78 Å². The van der Waals surface area contributed by atoms with E-state index < -0.39 is 6.61 Å². The molecule has 0 aliphatic carbocycles. The molecular weight excluding hydrogens is 412 g/mol. The highest BCUT2D eigenvalue weighted by Crippen LogP contribution is 2.27. The van der Waals surface area contributed by atoms with Crippen molar-refractivity contribution in [1.82, 2.24) is 19.9 Å². The third-order valence-corrected chi connectivity index (χ3v) is 5.18. The van der Waals surface area contributed by atoms with E-state index in [0.717, 1.165) is 16.8 Å². The fourth-order valence-corrected chi connectivity index (χ4v) is 3.43. The number of ether oxygens (including phenoxy) is 1. The highest BCUT2D eigenvalue weighted by atomic mass is 32.2. The number of rotatable bonds is 7. The van der Waals surface area contributed by atoms with E-state index >= 15 is 0 Å². The normalized spacial score (nSPS) is 11.2. The summed E-state index contributed by atoms with van der Waals surface area (Å²) in [5, 5.41) is 8.66. The minimum atomic E-state index is -2.87. The lowest BCUT2D eigenvalue weighted by molar-refractivity contribution is -0.0498. The molecule has 10 heteroatoms. The Morgan fingerprint density at radius 3 is 2.47 bits per heavy atom. The third kappa shape index (κ3) is 4.43. The molecule has 2 aromatic carbocycles. The number of benzene rings is 2. The van der Waals surface area contributed by atoms with E-state index in [-0.39, 0.29) is 5.75 Å². The van der Waals surface area contributed by atoms with Gasteiger partial charge in [0.1, 0.15) is 12.0 Å². The quantitative estimate of drug-likeness (QED) is 0.341. The number of nitrogens with zero attached hydrogens (tertiary/aromatic N) is 4. The van der Waals surface area contributed by atoms with Gasteiger partial charge >= 0.3 is 6.61 Å². The lowest BCUT2D eigenvalue weighted by atomic mass is 10.1. The number of thioether (sulfide) groups is 1. The molecule has 4 rings (SSSR count). The summed E-state index contributed by atoms with van der Waals surface area (Å²) in [5.74, 6) is 7.61. The summed E-state index contributed by atoms with van der Waals surface area (Å²) >= 11 is 1.36. The average molecular weight is 429 g/mol. The molecule has 0 fully saturated rings. The zero-order valence-electron chi connectivity index (χ0n) is 15.8. The maximum Gasteiger partial charge on any atom is 0.387 e. The number of oxazole rings is 1. The van der Waals surface area contributed by atoms with Crippen LogP contribution in [-0.4, -0.2) is 26.5 Å². The maximum absolute atomic E-state index is 12.3. The average Bonchev–Trinajstić information content (AvgIpc) is 3.34. The second-order valence-corrected chi connectivity index (χ2v) is 7.32. The van der Waals surface area contributed by atoms with E-state index in [1.807, 2.05) is 31.2 Å². The summed E-state index contributed by atoms with van der Waals surface area (Å²) in [6.45, 7) is -0.857. The molecule has 0 saturated carbocycles. The van der Waals surface area contributed by atoms with Crippen molar-refractivity contribution in [2.75, 3.05) is 5.84 Å². The first-order valence-corrected chi connectivity index (χ1v) is 9.88. The largest absolute Gasteiger partial charge is 0.444 e. The predicted molar refractivity (Wildman–Crippen MR) is 108 cm³/mol. The monoisotopic (exact) mass is 429 g/mol. The van der Waals surface area contributed by atoms with Gasteiger partial charge < -0.3 is 15.0 Å². The highest BCUT2D eigenvalue weighted by molar-refractivity contribution is 7.98. The van der Waals surface area contributed by atoms with Gasteiger partial charge in [0, 0.05) is 16.9 Å². The summed E-state index contributed by atoms with van der Waals surface area (Å²) in [5.41, 5.74) is 3.44. The number of aryl methyl sites for hydroxylation is 1. The Kier molecular flexibility index (Phi) is 5.66. The number of nitrogens with two attached hydrogens (primary N) is 1. The molecule has 0 bridgehead atoms. The molecule has 7 nitrogen and oxygen atoms in total. The Morgan fingerprint density at radius 2 is 1.77 bits per heavy atom. The van der Waals surface area contributed by atoms with Crippen LogP contribution in [0.5, 0.6) is 5.75 Å². The molecule has 2 N–H and O–H groups in total. The Bertz CT molecular complexity index is 1130. The van der Waals surface area contributed by atoms with E-state index in [9.17, 15) is 8.78 Å². The fraction of sp³-hybridized carbons (Fsp3) is 0.150. The minimum Gasteiger partial charge on any atom is -0.444 e. The molecular formula is C20H17F2N5O2S. The van der Waals surface area contributed by atoms with Gasteiger partial charge in [-0.1, -0.05) is 29.5 Å². The zero-order valence-corrected chi connectivity index (χ0v) is 16.6. The summed E-state index contributed by atoms with van der Waals surface area (Å²) < 4.78 is 35.8. The summed E-state index contributed by atoms with van der Waals surface area (Å²) in [6.07, 6.45) is 1.60. The van der Waals surface area contributed by atoms with Gasteiger partial charge in [-0.15, -0.1) is 10.2 Å². The van der Waals surface area contributed by atoms with Crippen molar-refractivity contribution >= 4 is 11.8 Å². The molecule has 154 valence electrons. The number of hydrogen-bond acceptors (Lipinski definition) is 7. The van der Waals surface area contributed by atoms with E-state index in [4.69, 9.17) is 10.3 Å². The van der Waals surface area contributed by atoms with Crippen molar-refractivity contribution in [3.8, 4) is 28.6 Å². The summed E-state index contributed by atoms with van der Waals surface area (Å²) in [6, 6.07) is 13.9. The van der Waals surface area contributed by atoms with Crippen molar-refractivity contribution < 1.29 is 17.9 Å². The van der Waals surface area contributed by atoms with Crippen LogP contribution in [0.1, 0.15) is 11.3 Å². The van der Waals surface area contributed by atoms with Crippen molar-refractivity contribution in [2.45, 2.75) is 24.4 Å². The van der Waals surface area contributed by atoms with E-state index in [2.05, 4.69) is 19.9 Å². The van der Waals surface area contributed by atoms with Gasteiger partial charge in [0.25, 0.3) is 0 Å². The van der Waals surface area contributed by atoms with Crippen LogP contribution >= 0.6 is 11.8 Å². The van der Waals surface area contributed by atoms with Crippen LogP contribution in [-0.2, 0) is 5.75 Å². The molecule has 0 unspecified atom stereocenters. The van der Waals surface area contributed by atoms with Gasteiger partial charge in [-0.3, -0.25) is 0 Å². The molecule has 0 radical (unpaired) electrons. The summed E-state index contributed by atoms with van der Waals surface area (Å²) in [4.78, 5) is 4.49. The van der Waals surface area contributed by atoms with Crippen LogP contribution < -0.4 is 10.6 Å². The van der Waals surface area contributed by atoms with Crippen molar-refractivity contribution in [3.63, 3.8) is 0 Å². The van der Waals surface area contributed by atoms with Gasteiger partial charge in [-0.05, 0) is 43.3 Å². The molecule has 0 aliphatic heterocycles. The number of aromatic nitrogens is 4. The van der Waals surface area contributed by atoms with Gasteiger partial charge in [0.15, 0.2) is 5.82 Å². The van der Waals surface area contributed by atoms with Crippen LogP contribution in [0.2, 0.25) is 0 Å². The minimum absolute atomic E-state index is 0.0573. The second-order valence-electron chi connectivity index (χ2n) is 6.38. The van der Waals surface area contributed by atoms with Gasteiger partial charge in [0.2, 0.25) is 11.0 Å². The highest BCUT2D eigenvalue weighted by Gasteiger charge is 2.14. The molecule has 0 atom stereocenters. The van der Waals surface area contributed by atoms with E-state index in [1.54, 1.807) is 18.4 Å². The van der Waals surface area contributed by atoms with E-state index in [0.29, 0.717) is 28.2 Å². The molecule has 0 amide bonds. The summed E-state index contributed by atoms with van der Waals surface area (Å²) in [7, 11) is 0. The number of hydrogen-bond donors (Lipinski definition) is 1. The SMILES string of the molecule is Cc1ccc(-c2nc(CSc3nnc(-c4ccc(OC(F)F)cc4)n3N)co2)cc1. The second kappa shape index (κ2) is 8.54. The van der Waals surface area contributed by atoms with Crippen LogP contribution in [0.3, 0.4) is 0 Å². The number of nitrogen functional groups attached to an aromatic ring is 1. The maximum atomic E-state index is 12.3. The predicted octanol–water partition coefficient (Wildman–Crippen LogP) is 4.52. The first-order chi connectivity index (χ1) is 14.5. The van der Waals surface area contributed by atoms with Crippen molar-refractivity contribution in [3.05, 3.63) is 66.1 Å². The molecule has 0 aliphatic rings. The fourth-order valence-electron chi connectivity index (χ4n) is 2.70. The topological polar surface area (TPSA) is 92.0 Å². The van der Waals surface area contributed by atoms with Crippen molar-refractivity contribution in [2.24, 2.45) is 0 Å². The van der Waals surface area contributed by atoms with E-state index in [1.165, 1.54) is 28.6 Å². The molecule has 4 aromatic rings. The first kappa shape index (κ1) is 19.9. The van der Waals surface area contributed by atoms with Crippen LogP contribution in [0.15, 0.2) is 64.4 Å². The Balaban J connectivity index is 1.43. The van der Waals surface area contributed by atoms with Gasteiger partial charge in [0.05, 0.1) is 5.69 Å². The van der Waals surface area contributed by atoms with Crippen LogP contribution in [0, 0.1) is 6.92 Å². The lowest BCUT2D eigenvalue weighted by Crippen LogP contribution is -2.11. The zero-order chi connectivity index (χ0) is 21.1. The Hall–Kier alpha value is -3.40.